The molecule has 0 radical (unpaired) electrons. The van der Waals surface area contributed by atoms with Crippen molar-refractivity contribution in [2.24, 2.45) is 0 Å². The summed E-state index contributed by atoms with van der Waals surface area (Å²) in [6.45, 7) is 3.18. The molecule has 5 heteroatoms. The zero-order valence-corrected chi connectivity index (χ0v) is 8.69. The number of aliphatic hydroxyl groups is 1. The normalized spacial score (nSPS) is 38.0. The molecule has 0 bridgehead atoms. The van der Waals surface area contributed by atoms with Crippen LogP contribution in [0.1, 0.15) is 20.3 Å². The molecule has 0 aromatic carbocycles. The van der Waals surface area contributed by atoms with E-state index in [1.54, 1.807) is 14.0 Å². The SMILES string of the molecule is COC1C[C@@H](NC(C)=O)[C@H](O)[C@@H](C)O1. The number of amides is 1. The van der Waals surface area contributed by atoms with Crippen molar-refractivity contribution in [2.45, 2.75) is 44.8 Å². The van der Waals surface area contributed by atoms with Gasteiger partial charge in [-0.3, -0.25) is 4.79 Å². The molecular weight excluding hydrogens is 186 g/mol. The first kappa shape index (κ1) is 11.4. The van der Waals surface area contributed by atoms with Gasteiger partial charge in [-0.25, -0.2) is 0 Å². The average Bonchev–Trinajstić information content (AvgIpc) is 2.11. The minimum Gasteiger partial charge on any atom is -0.388 e. The Kier molecular flexibility index (Phi) is 3.86. The highest BCUT2D eigenvalue weighted by atomic mass is 16.7. The van der Waals surface area contributed by atoms with Gasteiger partial charge in [-0.15, -0.1) is 0 Å². The fourth-order valence-electron chi connectivity index (χ4n) is 1.61. The predicted octanol–water partition coefficient (Wildman–Crippen LogP) is -0.367. The molecule has 2 N–H and O–H groups in total. The van der Waals surface area contributed by atoms with E-state index < -0.39 is 6.10 Å². The number of rotatable bonds is 2. The first-order valence-electron chi connectivity index (χ1n) is 4.68. The van der Waals surface area contributed by atoms with Gasteiger partial charge in [0.15, 0.2) is 6.29 Å². The number of hydrogen-bond acceptors (Lipinski definition) is 4. The summed E-state index contributed by atoms with van der Waals surface area (Å²) in [5.74, 6) is -0.155. The van der Waals surface area contributed by atoms with Crippen LogP contribution < -0.4 is 5.32 Å². The maximum Gasteiger partial charge on any atom is 0.217 e. The summed E-state index contributed by atoms with van der Waals surface area (Å²) in [5, 5.41) is 12.4. The Bertz CT molecular complexity index is 209. The first-order valence-corrected chi connectivity index (χ1v) is 4.68. The van der Waals surface area contributed by atoms with E-state index in [-0.39, 0.29) is 24.3 Å². The summed E-state index contributed by atoms with van der Waals surface area (Å²) >= 11 is 0. The van der Waals surface area contributed by atoms with Gasteiger partial charge in [-0.2, -0.15) is 0 Å². The van der Waals surface area contributed by atoms with Crippen molar-refractivity contribution < 1.29 is 19.4 Å². The molecule has 0 spiro atoms. The van der Waals surface area contributed by atoms with Crippen LogP contribution in [-0.2, 0) is 14.3 Å². The summed E-state index contributed by atoms with van der Waals surface area (Å²) < 4.78 is 10.4. The fraction of sp³-hybridized carbons (Fsp3) is 0.889. The molecule has 14 heavy (non-hydrogen) atoms. The van der Waals surface area contributed by atoms with E-state index in [0.717, 1.165) is 0 Å². The van der Waals surface area contributed by atoms with Crippen molar-refractivity contribution in [3.8, 4) is 0 Å². The third-order valence-corrected chi connectivity index (χ3v) is 2.36. The molecule has 0 aromatic rings. The van der Waals surface area contributed by atoms with E-state index in [2.05, 4.69) is 5.32 Å². The van der Waals surface area contributed by atoms with E-state index in [1.165, 1.54) is 6.92 Å². The van der Waals surface area contributed by atoms with Crippen molar-refractivity contribution in [3.05, 3.63) is 0 Å². The Morgan fingerprint density at radius 3 is 2.79 bits per heavy atom. The van der Waals surface area contributed by atoms with Gasteiger partial charge >= 0.3 is 0 Å². The average molecular weight is 203 g/mol. The molecule has 4 atom stereocenters. The Hall–Kier alpha value is -0.650. The smallest absolute Gasteiger partial charge is 0.217 e. The highest BCUT2D eigenvalue weighted by Gasteiger charge is 2.35. The number of carbonyl (C=O) groups is 1. The third kappa shape index (κ3) is 2.67. The molecule has 1 heterocycles. The molecule has 1 fully saturated rings. The maximum absolute atomic E-state index is 10.9. The molecule has 82 valence electrons. The predicted molar refractivity (Wildman–Crippen MR) is 49.6 cm³/mol. The standard InChI is InChI=1S/C9H17NO4/c1-5-9(12)7(10-6(2)11)4-8(13-3)14-5/h5,7-9,12H,4H2,1-3H3,(H,10,11)/t5-,7-,8?,9-/m1/s1. The van der Waals surface area contributed by atoms with Crippen molar-refractivity contribution in [2.75, 3.05) is 7.11 Å². The van der Waals surface area contributed by atoms with Gasteiger partial charge < -0.3 is 19.9 Å². The zero-order chi connectivity index (χ0) is 10.7. The van der Waals surface area contributed by atoms with Crippen LogP contribution in [0.2, 0.25) is 0 Å². The van der Waals surface area contributed by atoms with Crippen molar-refractivity contribution in [3.63, 3.8) is 0 Å². The Morgan fingerprint density at radius 2 is 2.29 bits per heavy atom. The van der Waals surface area contributed by atoms with E-state index in [1.807, 2.05) is 0 Å². The maximum atomic E-state index is 10.9. The molecule has 5 nitrogen and oxygen atoms in total. The summed E-state index contributed by atoms with van der Waals surface area (Å²) in [6, 6.07) is -0.291. The van der Waals surface area contributed by atoms with Crippen LogP contribution in [-0.4, -0.2) is 42.7 Å². The molecular formula is C9H17NO4. The lowest BCUT2D eigenvalue weighted by molar-refractivity contribution is -0.214. The zero-order valence-electron chi connectivity index (χ0n) is 8.69. The summed E-state index contributed by atoms with van der Waals surface area (Å²) in [4.78, 5) is 10.9. The Labute approximate surface area is 83.4 Å². The van der Waals surface area contributed by atoms with Crippen molar-refractivity contribution >= 4 is 5.91 Å². The fourth-order valence-corrected chi connectivity index (χ4v) is 1.61. The Balaban J connectivity index is 2.57. The lowest BCUT2D eigenvalue weighted by Gasteiger charge is -2.37. The van der Waals surface area contributed by atoms with E-state index in [9.17, 15) is 9.90 Å². The number of hydrogen-bond donors (Lipinski definition) is 2. The molecule has 1 aliphatic rings. The van der Waals surface area contributed by atoms with Gasteiger partial charge in [0.2, 0.25) is 5.91 Å². The monoisotopic (exact) mass is 203 g/mol. The van der Waals surface area contributed by atoms with Crippen LogP contribution in [0.4, 0.5) is 0 Å². The Morgan fingerprint density at radius 1 is 1.64 bits per heavy atom. The highest BCUT2D eigenvalue weighted by Crippen LogP contribution is 2.20. The van der Waals surface area contributed by atoms with Gasteiger partial charge in [-0.05, 0) is 6.92 Å². The van der Waals surface area contributed by atoms with Crippen molar-refractivity contribution in [1.82, 2.24) is 5.32 Å². The van der Waals surface area contributed by atoms with Gasteiger partial charge in [-0.1, -0.05) is 0 Å². The molecule has 0 saturated carbocycles. The minimum absolute atomic E-state index is 0.155. The second kappa shape index (κ2) is 4.72. The number of ether oxygens (including phenoxy) is 2. The summed E-state index contributed by atoms with van der Waals surface area (Å²) in [7, 11) is 1.54. The van der Waals surface area contributed by atoms with Gasteiger partial charge in [0.1, 0.15) is 6.10 Å². The van der Waals surface area contributed by atoms with Gasteiger partial charge in [0, 0.05) is 20.5 Å². The number of nitrogens with one attached hydrogen (secondary N) is 1. The lowest BCUT2D eigenvalue weighted by Crippen LogP contribution is -2.54. The van der Waals surface area contributed by atoms with Crippen molar-refractivity contribution in [1.29, 1.82) is 0 Å². The second-order valence-corrected chi connectivity index (χ2v) is 3.54. The second-order valence-electron chi connectivity index (χ2n) is 3.54. The molecule has 0 aliphatic carbocycles. The minimum atomic E-state index is -0.676. The molecule has 1 unspecified atom stereocenters. The highest BCUT2D eigenvalue weighted by molar-refractivity contribution is 5.73. The summed E-state index contributed by atoms with van der Waals surface area (Å²) in [5.41, 5.74) is 0. The molecule has 1 saturated heterocycles. The number of methoxy groups -OCH3 is 1. The van der Waals surface area contributed by atoms with Gasteiger partial charge in [0.05, 0.1) is 12.1 Å². The lowest BCUT2D eigenvalue weighted by atomic mass is 9.99. The van der Waals surface area contributed by atoms with Crippen LogP contribution in [0.15, 0.2) is 0 Å². The van der Waals surface area contributed by atoms with Gasteiger partial charge in [0.25, 0.3) is 0 Å². The van der Waals surface area contributed by atoms with Crippen LogP contribution >= 0.6 is 0 Å². The molecule has 1 aliphatic heterocycles. The largest absolute Gasteiger partial charge is 0.388 e. The number of aliphatic hydroxyl groups excluding tert-OH is 1. The van der Waals surface area contributed by atoms with Crippen LogP contribution in [0, 0.1) is 0 Å². The van der Waals surface area contributed by atoms with Crippen LogP contribution in [0.5, 0.6) is 0 Å². The third-order valence-electron chi connectivity index (χ3n) is 2.36. The van der Waals surface area contributed by atoms with Crippen LogP contribution in [0.25, 0.3) is 0 Å². The van der Waals surface area contributed by atoms with E-state index >= 15 is 0 Å². The summed E-state index contributed by atoms with van der Waals surface area (Å²) in [6.07, 6.45) is -0.886. The number of carbonyl (C=O) groups excluding carboxylic acids is 1. The quantitative estimate of drug-likeness (QED) is 0.642. The van der Waals surface area contributed by atoms with E-state index in [4.69, 9.17) is 9.47 Å². The van der Waals surface area contributed by atoms with Crippen LogP contribution in [0.3, 0.4) is 0 Å². The molecule has 0 aromatic heterocycles. The topological polar surface area (TPSA) is 67.8 Å². The van der Waals surface area contributed by atoms with E-state index in [0.29, 0.717) is 6.42 Å². The molecule has 1 amide bonds. The first-order chi connectivity index (χ1) is 6.54. The molecule has 1 rings (SSSR count).